The van der Waals surface area contributed by atoms with Crippen molar-refractivity contribution >= 4 is 52.0 Å². The van der Waals surface area contributed by atoms with Crippen molar-refractivity contribution in [1.82, 2.24) is 19.1 Å². The Morgan fingerprint density at radius 3 is 1.54 bits per heavy atom. The maximum absolute atomic E-state index is 13.0. The van der Waals surface area contributed by atoms with Crippen molar-refractivity contribution < 1.29 is 43.1 Å². The first-order valence-corrected chi connectivity index (χ1v) is 24.3. The third kappa shape index (κ3) is 9.39. The van der Waals surface area contributed by atoms with E-state index in [-0.39, 0.29) is 90.8 Å². The van der Waals surface area contributed by atoms with Crippen LogP contribution in [0.4, 0.5) is 0 Å². The summed E-state index contributed by atoms with van der Waals surface area (Å²) in [6.45, 7) is 16.4. The fourth-order valence-electron chi connectivity index (χ4n) is 9.95. The number of aryl methyl sites for hydroxylation is 4. The molecular weight excluding hydrogens is 973 g/mol. The van der Waals surface area contributed by atoms with Gasteiger partial charge in [0.2, 0.25) is 34.3 Å². The summed E-state index contributed by atoms with van der Waals surface area (Å²) in [5.41, 5.74) is 4.20. The normalized spacial score (nSPS) is 15.4. The number of hydrogen-bond acceptors (Lipinski definition) is 13. The Balaban J connectivity index is 0.000000137. The first-order chi connectivity index (χ1) is 35.7. The number of aromatic nitrogens is 4. The number of Topliss-reactive ketones (excluding diaryl/α,β-unsaturated/α-hetero) is 3. The van der Waals surface area contributed by atoms with Gasteiger partial charge in [0, 0.05) is 71.3 Å². The van der Waals surface area contributed by atoms with E-state index in [1.54, 1.807) is 71.0 Å². The molecule has 4 aromatic heterocycles. The van der Waals surface area contributed by atoms with Gasteiger partial charge in [-0.25, -0.2) is 0 Å². The molecule has 1 aliphatic heterocycles. The second kappa shape index (κ2) is 20.0. The number of benzene rings is 2. The van der Waals surface area contributed by atoms with Crippen LogP contribution in [-0.4, -0.2) is 71.0 Å². The van der Waals surface area contributed by atoms with Crippen LogP contribution < -0.4 is 22.2 Å². The predicted molar refractivity (Wildman–Crippen MR) is 280 cm³/mol. The van der Waals surface area contributed by atoms with E-state index in [0.717, 1.165) is 16.6 Å². The quantitative estimate of drug-likeness (QED) is 0.169. The number of nitrogens with zero attached hydrogens (tertiary/aromatic N) is 2. The largest absolute Gasteiger partial charge is 0.487 e. The van der Waals surface area contributed by atoms with Gasteiger partial charge in [0.05, 0.1) is 22.3 Å². The summed E-state index contributed by atoms with van der Waals surface area (Å²) in [5.74, 6) is -1.88. The zero-order valence-corrected chi connectivity index (χ0v) is 43.4. The van der Waals surface area contributed by atoms with Gasteiger partial charge in [-0.2, -0.15) is 0 Å². The monoisotopic (exact) mass is 1020 g/mol. The molecule has 17 nitrogen and oxygen atoms in total. The van der Waals surface area contributed by atoms with E-state index in [2.05, 4.69) is 9.97 Å². The Kier molecular flexibility index (Phi) is 14.0. The number of pyridine rings is 4. The fourth-order valence-corrected chi connectivity index (χ4v) is 9.95. The highest BCUT2D eigenvalue weighted by Crippen LogP contribution is 2.41. The van der Waals surface area contributed by atoms with Gasteiger partial charge in [0.15, 0.2) is 23.1 Å². The summed E-state index contributed by atoms with van der Waals surface area (Å²) >= 11 is 0. The van der Waals surface area contributed by atoms with E-state index in [4.69, 9.17) is 4.74 Å². The molecule has 0 saturated carbocycles. The summed E-state index contributed by atoms with van der Waals surface area (Å²) in [4.78, 5) is 151. The third-order valence-corrected chi connectivity index (χ3v) is 13.6. The molecule has 2 N–H and O–H groups in total. The molecule has 2 aromatic carbocycles. The van der Waals surface area contributed by atoms with Gasteiger partial charge in [-0.05, 0) is 95.6 Å². The van der Waals surface area contributed by atoms with Crippen molar-refractivity contribution in [3.8, 4) is 0 Å². The van der Waals surface area contributed by atoms with Gasteiger partial charge in [0.1, 0.15) is 34.1 Å². The molecule has 0 saturated heterocycles. The number of carbonyl (C=O) groups excluding carboxylic acids is 8. The molecule has 0 spiro atoms. The Morgan fingerprint density at radius 1 is 0.539 bits per heavy atom. The lowest BCUT2D eigenvalue weighted by Crippen LogP contribution is -2.36. The summed E-state index contributed by atoms with van der Waals surface area (Å²) in [6.07, 6.45) is 2.76. The van der Waals surface area contributed by atoms with Crippen LogP contribution in [0, 0.1) is 33.6 Å². The predicted octanol–water partition coefficient (Wildman–Crippen LogP) is 6.81. The van der Waals surface area contributed by atoms with Crippen molar-refractivity contribution in [2.45, 2.75) is 87.3 Å². The van der Waals surface area contributed by atoms with Crippen LogP contribution in [0.15, 0.2) is 109 Å². The maximum atomic E-state index is 13.0. The SMILES string of the molecule is CC1(C)CCC2=C(O1)c1ccccc1C(=O)C2=O.CC1=CC(=O)c2ccccc2C1=O.Cc1cc(=O)[nH]c2c1C(=O)c1c(C)cc(=O)n(C)c1C2=O.Cc1cc(=O)[nH]c2c1C(=O)c1c(C)cc(=O)n(CC(C)C)c1C2=O. The number of rotatable bonds is 2. The molecule has 0 atom stereocenters. The van der Waals surface area contributed by atoms with Gasteiger partial charge in [-0.1, -0.05) is 62.4 Å². The lowest BCUT2D eigenvalue weighted by molar-refractivity contribution is -0.112. The first kappa shape index (κ1) is 53.2. The molecule has 0 fully saturated rings. The molecule has 11 rings (SSSR count). The van der Waals surface area contributed by atoms with Crippen LogP contribution in [0.2, 0.25) is 0 Å². The van der Waals surface area contributed by atoms with Crippen LogP contribution in [-0.2, 0) is 23.1 Å². The Hall–Kier alpha value is -9.12. The molecule has 6 aromatic rings. The molecule has 17 heteroatoms. The topological polar surface area (TPSA) is 256 Å². The third-order valence-electron chi connectivity index (χ3n) is 13.6. The molecule has 5 aliphatic rings. The van der Waals surface area contributed by atoms with Crippen molar-refractivity contribution in [3.63, 3.8) is 0 Å². The number of ketones is 8. The summed E-state index contributed by atoms with van der Waals surface area (Å²) in [5, 5.41) is 0. The van der Waals surface area contributed by atoms with E-state index in [0.29, 0.717) is 68.8 Å². The number of carbonyl (C=O) groups is 8. The molecule has 76 heavy (non-hydrogen) atoms. The Bertz CT molecular complexity index is 3980. The molecule has 5 heterocycles. The minimum Gasteiger partial charge on any atom is -0.487 e. The van der Waals surface area contributed by atoms with Crippen LogP contribution in [0.5, 0.6) is 0 Å². The van der Waals surface area contributed by atoms with E-state index in [9.17, 15) is 57.5 Å². The maximum Gasteiger partial charge on any atom is 0.251 e. The van der Waals surface area contributed by atoms with Crippen LogP contribution in [0.1, 0.15) is 171 Å². The summed E-state index contributed by atoms with van der Waals surface area (Å²) in [6, 6.07) is 19.3. The molecule has 0 unspecified atom stereocenters. The molecule has 0 radical (unpaired) electrons. The van der Waals surface area contributed by atoms with E-state index in [1.807, 2.05) is 39.8 Å². The Labute approximate surface area is 434 Å². The standard InChI is InChI=1S/C18H18N2O4.C15H12N2O4.C15H14O3.C11H8O2/c1-8(2)7-20-12(22)6-10(4)14-16(20)18(24)15-13(17(14)23)9(3)5-11(21)19-15;1-6-4-8(18)16-12-10(6)14(20)11-7(2)5-9(19)17(3)13(11)15(12)21;1-15(2)8-7-11-13(17)12(16)9-5-3-4-6-10(9)14(11)18-15;1-7-6-10(12)8-4-2-3-5-9(8)11(7)13/h5-6,8H,7H2,1-4H3,(H,19,21);4-5H,1-3H3,(H,16,18);3-6H,7-8H2,1-2H3;2-6H,1H3. The zero-order valence-electron chi connectivity index (χ0n) is 43.4. The minimum atomic E-state index is -0.510. The van der Waals surface area contributed by atoms with Crippen LogP contribution >= 0.6 is 0 Å². The van der Waals surface area contributed by atoms with E-state index >= 15 is 0 Å². The molecule has 0 amide bonds. The number of allylic oxidation sites excluding steroid dienone is 3. The number of hydrogen-bond donors (Lipinski definition) is 2. The second-order valence-electron chi connectivity index (χ2n) is 20.2. The average Bonchev–Trinajstić information content (AvgIpc) is 3.37. The summed E-state index contributed by atoms with van der Waals surface area (Å²) in [7, 11) is 1.44. The molecular formula is C59H52N4O13. The van der Waals surface area contributed by atoms with Gasteiger partial charge in [0.25, 0.3) is 11.1 Å². The highest BCUT2D eigenvalue weighted by atomic mass is 16.5. The van der Waals surface area contributed by atoms with Gasteiger partial charge < -0.3 is 23.8 Å². The van der Waals surface area contributed by atoms with Gasteiger partial charge >= 0.3 is 0 Å². The number of ether oxygens (including phenoxy) is 1. The zero-order chi connectivity index (χ0) is 55.6. The highest BCUT2D eigenvalue weighted by molar-refractivity contribution is 6.52. The minimum absolute atomic E-state index is 0.0266. The number of H-pyrrole nitrogens is 2. The Morgan fingerprint density at radius 2 is 1.00 bits per heavy atom. The van der Waals surface area contributed by atoms with Gasteiger partial charge in [-0.3, -0.25) is 57.5 Å². The van der Waals surface area contributed by atoms with E-state index in [1.165, 1.54) is 42.0 Å². The first-order valence-electron chi connectivity index (χ1n) is 24.3. The number of nitrogens with one attached hydrogen (secondary N) is 2. The molecule has 0 bridgehead atoms. The lowest BCUT2D eigenvalue weighted by atomic mass is 9.82. The van der Waals surface area contributed by atoms with Crippen LogP contribution in [0.25, 0.3) is 5.76 Å². The second-order valence-corrected chi connectivity index (χ2v) is 20.2. The van der Waals surface area contributed by atoms with Gasteiger partial charge in [-0.15, -0.1) is 0 Å². The van der Waals surface area contributed by atoms with Crippen molar-refractivity contribution in [1.29, 1.82) is 0 Å². The number of fused-ring (bicyclic) bond motifs is 7. The van der Waals surface area contributed by atoms with Crippen molar-refractivity contribution in [2.75, 3.05) is 0 Å². The smallest absolute Gasteiger partial charge is 0.251 e. The lowest BCUT2D eigenvalue weighted by Gasteiger charge is -2.36. The van der Waals surface area contributed by atoms with Crippen LogP contribution in [0.3, 0.4) is 0 Å². The fraction of sp³-hybridized carbons (Fsp3) is 0.254. The molecule has 4 aliphatic carbocycles. The molecule has 386 valence electrons. The van der Waals surface area contributed by atoms with Crippen molar-refractivity contribution in [2.24, 2.45) is 13.0 Å². The summed E-state index contributed by atoms with van der Waals surface area (Å²) < 4.78 is 8.42. The average molecular weight is 1030 g/mol. The van der Waals surface area contributed by atoms with E-state index < -0.39 is 34.3 Å². The highest BCUT2D eigenvalue weighted by Gasteiger charge is 2.40. The number of aromatic amines is 2. The van der Waals surface area contributed by atoms with Crippen molar-refractivity contribution in [3.05, 3.63) is 221 Å².